The van der Waals surface area contributed by atoms with Crippen LogP contribution in [0.5, 0.6) is 5.75 Å². The van der Waals surface area contributed by atoms with Gasteiger partial charge in [-0.3, -0.25) is 0 Å². The average molecular weight is 359 g/mol. The summed E-state index contributed by atoms with van der Waals surface area (Å²) >= 11 is 0. The van der Waals surface area contributed by atoms with Crippen LogP contribution in [0.25, 0.3) is 11.0 Å². The van der Waals surface area contributed by atoms with Gasteiger partial charge < -0.3 is 19.3 Å². The van der Waals surface area contributed by atoms with Crippen molar-refractivity contribution in [3.05, 3.63) is 62.4 Å². The number of fused-ring (bicyclic) bond motifs is 1. The lowest BCUT2D eigenvalue weighted by Gasteiger charge is -2.08. The Balaban J connectivity index is 0.00000117. The lowest BCUT2D eigenvalue weighted by Crippen LogP contribution is -2.11. The number of nitro groups is 1. The molecule has 3 rings (SSSR count). The molecule has 0 fully saturated rings. The molecule has 0 bridgehead atoms. The molecule has 26 heavy (non-hydrogen) atoms. The van der Waals surface area contributed by atoms with Crippen LogP contribution in [0, 0.1) is 24.0 Å². The third kappa shape index (κ3) is 4.08. The number of ether oxygens (including phenoxy) is 1. The van der Waals surface area contributed by atoms with E-state index in [-0.39, 0.29) is 19.0 Å². The second kappa shape index (κ2) is 8.28. The summed E-state index contributed by atoms with van der Waals surface area (Å²) in [7, 11) is 0. The van der Waals surface area contributed by atoms with Crippen LogP contribution in [0.3, 0.4) is 0 Å². The van der Waals surface area contributed by atoms with Crippen molar-refractivity contribution in [2.24, 2.45) is 0 Å². The van der Waals surface area contributed by atoms with E-state index in [9.17, 15) is 14.9 Å². The largest absolute Gasteiger partial charge is 0.489 e. The van der Waals surface area contributed by atoms with E-state index in [0.29, 0.717) is 17.2 Å². The van der Waals surface area contributed by atoms with E-state index in [4.69, 9.17) is 9.15 Å². The molecule has 0 aliphatic rings. The summed E-state index contributed by atoms with van der Waals surface area (Å²) in [6, 6.07) is 6.65. The van der Waals surface area contributed by atoms with E-state index in [1.54, 1.807) is 19.1 Å². The van der Waals surface area contributed by atoms with Crippen molar-refractivity contribution in [1.82, 2.24) is 9.55 Å². The Morgan fingerprint density at radius 2 is 2.00 bits per heavy atom. The van der Waals surface area contributed by atoms with Crippen molar-refractivity contribution in [1.29, 1.82) is 0 Å². The minimum atomic E-state index is -0.479. The van der Waals surface area contributed by atoms with Gasteiger partial charge in [-0.15, -0.1) is 0 Å². The summed E-state index contributed by atoms with van der Waals surface area (Å²) < 4.78 is 12.3. The van der Waals surface area contributed by atoms with Crippen LogP contribution in [0.2, 0.25) is 0 Å². The van der Waals surface area contributed by atoms with Crippen LogP contribution in [-0.4, -0.2) is 21.1 Å². The van der Waals surface area contributed by atoms with Crippen molar-refractivity contribution < 1.29 is 14.1 Å². The summed E-state index contributed by atoms with van der Waals surface area (Å²) in [5, 5.41) is 11.8. The standard InChI is InChI=1S/C16H15N3O5.C2H6/c1-10-7-16(20)24-14-8-12(3-4-13(10)14)23-6-5-18-11(2)17-9-15(18)19(21)22;1-2/h3-4,7-9H,5-6H2,1-2H3;1-2H3. The molecule has 0 saturated heterocycles. The Labute approximate surface area is 150 Å². The lowest BCUT2D eigenvalue weighted by atomic mass is 10.1. The average Bonchev–Trinajstić information content (AvgIpc) is 2.97. The molecule has 8 heteroatoms. The lowest BCUT2D eigenvalue weighted by molar-refractivity contribution is -0.392. The van der Waals surface area contributed by atoms with Crippen LogP contribution < -0.4 is 10.4 Å². The number of hydrogen-bond donors (Lipinski definition) is 0. The minimum Gasteiger partial charge on any atom is -0.489 e. The van der Waals surface area contributed by atoms with Crippen LogP contribution in [-0.2, 0) is 6.54 Å². The number of aromatic nitrogens is 2. The van der Waals surface area contributed by atoms with Gasteiger partial charge in [0.15, 0.2) is 5.82 Å². The molecule has 0 atom stereocenters. The Hall–Kier alpha value is -3.16. The second-order valence-corrected chi connectivity index (χ2v) is 5.33. The quantitative estimate of drug-likeness (QED) is 0.392. The van der Waals surface area contributed by atoms with Gasteiger partial charge in [-0.25, -0.2) is 14.3 Å². The van der Waals surface area contributed by atoms with E-state index in [0.717, 1.165) is 10.9 Å². The van der Waals surface area contributed by atoms with Crippen molar-refractivity contribution >= 4 is 16.8 Å². The molecular weight excluding hydrogens is 338 g/mol. The molecule has 2 heterocycles. The van der Waals surface area contributed by atoms with Gasteiger partial charge in [-0.05, 0) is 29.5 Å². The van der Waals surface area contributed by atoms with Gasteiger partial charge in [0.05, 0.1) is 0 Å². The highest BCUT2D eigenvalue weighted by Gasteiger charge is 2.17. The van der Waals surface area contributed by atoms with Crippen LogP contribution in [0.4, 0.5) is 5.82 Å². The monoisotopic (exact) mass is 359 g/mol. The minimum absolute atomic E-state index is 0.0729. The van der Waals surface area contributed by atoms with Crippen LogP contribution >= 0.6 is 0 Å². The summed E-state index contributed by atoms with van der Waals surface area (Å²) in [5.41, 5.74) is 0.863. The predicted octanol–water partition coefficient (Wildman–Crippen LogP) is 3.62. The van der Waals surface area contributed by atoms with Gasteiger partial charge in [-0.1, -0.05) is 13.8 Å². The highest BCUT2D eigenvalue weighted by Crippen LogP contribution is 2.22. The first kappa shape index (κ1) is 19.2. The Morgan fingerprint density at radius 1 is 1.27 bits per heavy atom. The molecule has 0 aliphatic carbocycles. The molecule has 0 radical (unpaired) electrons. The zero-order chi connectivity index (χ0) is 19.3. The molecule has 0 unspecified atom stereocenters. The van der Waals surface area contributed by atoms with Gasteiger partial charge >= 0.3 is 11.4 Å². The molecule has 3 aromatic rings. The molecule has 138 valence electrons. The van der Waals surface area contributed by atoms with E-state index in [1.165, 1.54) is 16.8 Å². The Kier molecular flexibility index (Phi) is 6.11. The number of rotatable bonds is 5. The highest BCUT2D eigenvalue weighted by atomic mass is 16.6. The smallest absolute Gasteiger partial charge is 0.342 e. The molecule has 0 spiro atoms. The van der Waals surface area contributed by atoms with E-state index < -0.39 is 10.5 Å². The maximum atomic E-state index is 11.4. The fourth-order valence-corrected chi connectivity index (χ4v) is 2.53. The molecule has 8 nitrogen and oxygen atoms in total. The summed E-state index contributed by atoms with van der Waals surface area (Å²) in [5.74, 6) is 0.998. The van der Waals surface area contributed by atoms with Gasteiger partial charge in [0, 0.05) is 24.4 Å². The molecular formula is C18H21N3O5. The molecule has 0 amide bonds. The first-order valence-corrected chi connectivity index (χ1v) is 8.29. The second-order valence-electron chi connectivity index (χ2n) is 5.33. The van der Waals surface area contributed by atoms with Crippen LogP contribution in [0.15, 0.2) is 39.7 Å². The number of imidazole rings is 1. The zero-order valence-corrected chi connectivity index (χ0v) is 15.2. The van der Waals surface area contributed by atoms with Crippen LogP contribution in [0.1, 0.15) is 25.2 Å². The third-order valence-electron chi connectivity index (χ3n) is 3.73. The Morgan fingerprint density at radius 3 is 2.69 bits per heavy atom. The number of aryl methyl sites for hydroxylation is 2. The van der Waals surface area contributed by atoms with Gasteiger partial charge in [0.2, 0.25) is 0 Å². The first-order valence-electron chi connectivity index (χ1n) is 8.29. The van der Waals surface area contributed by atoms with E-state index >= 15 is 0 Å². The summed E-state index contributed by atoms with van der Waals surface area (Å²) in [6.07, 6.45) is 1.22. The van der Waals surface area contributed by atoms with Crippen molar-refractivity contribution in [2.75, 3.05) is 6.61 Å². The van der Waals surface area contributed by atoms with Crippen molar-refractivity contribution in [2.45, 2.75) is 34.2 Å². The maximum Gasteiger partial charge on any atom is 0.342 e. The summed E-state index contributed by atoms with van der Waals surface area (Å²) in [6.45, 7) is 8.04. The normalized spacial score (nSPS) is 10.3. The molecule has 1 aromatic carbocycles. The Bertz CT molecular complexity index is 975. The molecule has 0 saturated carbocycles. The molecule has 0 N–H and O–H groups in total. The molecule has 0 aliphatic heterocycles. The topological polar surface area (TPSA) is 100 Å². The van der Waals surface area contributed by atoms with Crippen molar-refractivity contribution in [3.8, 4) is 5.75 Å². The fraction of sp³-hybridized carbons (Fsp3) is 0.333. The van der Waals surface area contributed by atoms with Gasteiger partial charge in [0.1, 0.15) is 30.7 Å². The SMILES string of the molecule is CC.Cc1cc(=O)oc2cc(OCCn3c([N+](=O)[O-])cnc3C)ccc12. The number of benzene rings is 1. The molecule has 2 aromatic heterocycles. The van der Waals surface area contributed by atoms with Gasteiger partial charge in [0.25, 0.3) is 0 Å². The number of nitrogens with zero attached hydrogens (tertiary/aromatic N) is 3. The highest BCUT2D eigenvalue weighted by molar-refractivity contribution is 5.81. The van der Waals surface area contributed by atoms with E-state index in [1.807, 2.05) is 26.8 Å². The fourth-order valence-electron chi connectivity index (χ4n) is 2.53. The van der Waals surface area contributed by atoms with E-state index in [2.05, 4.69) is 4.98 Å². The zero-order valence-electron chi connectivity index (χ0n) is 15.2. The van der Waals surface area contributed by atoms with Gasteiger partial charge in [-0.2, -0.15) is 0 Å². The predicted molar refractivity (Wildman–Crippen MR) is 97.7 cm³/mol. The van der Waals surface area contributed by atoms with Crippen molar-refractivity contribution in [3.63, 3.8) is 0 Å². The number of hydrogen-bond acceptors (Lipinski definition) is 6. The first-order chi connectivity index (χ1) is 12.5. The maximum absolute atomic E-state index is 11.4. The summed E-state index contributed by atoms with van der Waals surface area (Å²) in [4.78, 5) is 25.8. The third-order valence-corrected chi connectivity index (χ3v) is 3.73.